The van der Waals surface area contributed by atoms with Gasteiger partial charge in [-0.05, 0) is 20.3 Å². The largest absolute Gasteiger partial charge is 0.488 e. The molecule has 0 radical (unpaired) electrons. The fourth-order valence-corrected chi connectivity index (χ4v) is 1.41. The molecule has 1 rings (SSSR count). The Kier molecular flexibility index (Phi) is 5.56. The van der Waals surface area contributed by atoms with Crippen LogP contribution in [-0.4, -0.2) is 23.7 Å². The highest BCUT2D eigenvalue weighted by Gasteiger charge is 2.06. The molecule has 0 bridgehead atoms. The average molecular weight is 243 g/mol. The summed E-state index contributed by atoms with van der Waals surface area (Å²) in [7, 11) is 0. The number of hydrogen-bond donors (Lipinski definition) is 1. The maximum atomic E-state index is 5.82. The van der Waals surface area contributed by atoms with E-state index in [0.717, 1.165) is 13.0 Å². The molecule has 0 aliphatic rings. The van der Waals surface area contributed by atoms with Crippen LogP contribution in [0.3, 0.4) is 0 Å². The summed E-state index contributed by atoms with van der Waals surface area (Å²) in [5, 5.41) is 3.99. The molecule has 0 spiro atoms. The number of hydrogen-bond acceptors (Lipinski definition) is 3. The van der Waals surface area contributed by atoms with Crippen LogP contribution in [0, 0.1) is 0 Å². The first-order valence-corrected chi connectivity index (χ1v) is 6.00. The van der Waals surface area contributed by atoms with Crippen molar-refractivity contribution in [3.8, 4) is 5.75 Å². The summed E-state index contributed by atoms with van der Waals surface area (Å²) >= 11 is 5.82. The number of nitrogens with one attached hydrogen (secondary N) is 1. The summed E-state index contributed by atoms with van der Waals surface area (Å²) in [5.41, 5.74) is 0. The summed E-state index contributed by atoms with van der Waals surface area (Å²) in [6.07, 6.45) is 4.49. The molecule has 0 saturated heterocycles. The predicted octanol–water partition coefficient (Wildman–Crippen LogP) is 2.89. The van der Waals surface area contributed by atoms with Crippen LogP contribution in [0.4, 0.5) is 0 Å². The van der Waals surface area contributed by atoms with Crippen LogP contribution in [0.5, 0.6) is 5.75 Å². The molecule has 0 saturated carbocycles. The maximum Gasteiger partial charge on any atom is 0.139 e. The van der Waals surface area contributed by atoms with Gasteiger partial charge >= 0.3 is 0 Å². The second-order valence-electron chi connectivity index (χ2n) is 3.98. The molecule has 1 heterocycles. The van der Waals surface area contributed by atoms with E-state index in [4.69, 9.17) is 16.3 Å². The zero-order valence-corrected chi connectivity index (χ0v) is 10.8. The quantitative estimate of drug-likeness (QED) is 0.833. The summed E-state index contributed by atoms with van der Waals surface area (Å²) in [4.78, 5) is 3.97. The molecule has 0 aromatic carbocycles. The Morgan fingerprint density at radius 2 is 2.19 bits per heavy atom. The van der Waals surface area contributed by atoms with Crippen LogP contribution < -0.4 is 10.1 Å². The Morgan fingerprint density at radius 1 is 1.44 bits per heavy atom. The Morgan fingerprint density at radius 3 is 2.81 bits per heavy atom. The minimum Gasteiger partial charge on any atom is -0.488 e. The van der Waals surface area contributed by atoms with E-state index in [9.17, 15) is 0 Å². The summed E-state index contributed by atoms with van der Waals surface area (Å²) in [5.74, 6) is 0.714. The van der Waals surface area contributed by atoms with Gasteiger partial charge in [0.15, 0.2) is 0 Å². The number of aromatic nitrogens is 1. The second-order valence-corrected chi connectivity index (χ2v) is 4.42. The van der Waals surface area contributed by atoms with Crippen molar-refractivity contribution in [3.63, 3.8) is 0 Å². The number of ether oxygens (including phenoxy) is 1. The first kappa shape index (κ1) is 13.3. The van der Waals surface area contributed by atoms with Gasteiger partial charge < -0.3 is 10.1 Å². The van der Waals surface area contributed by atoms with E-state index in [1.165, 1.54) is 0 Å². The van der Waals surface area contributed by atoms with Gasteiger partial charge in [-0.3, -0.25) is 4.98 Å². The molecule has 0 amide bonds. The third kappa shape index (κ3) is 4.81. The summed E-state index contributed by atoms with van der Waals surface area (Å²) < 4.78 is 5.68. The molecule has 0 aliphatic carbocycles. The van der Waals surface area contributed by atoms with Crippen LogP contribution in [-0.2, 0) is 0 Å². The highest BCUT2D eigenvalue weighted by atomic mass is 35.5. The second kappa shape index (κ2) is 6.71. The average Bonchev–Trinajstić information content (AvgIpc) is 2.26. The molecule has 2 unspecified atom stereocenters. The van der Waals surface area contributed by atoms with Crippen LogP contribution >= 0.6 is 11.6 Å². The van der Waals surface area contributed by atoms with E-state index in [-0.39, 0.29) is 6.10 Å². The molecule has 90 valence electrons. The third-order valence-electron chi connectivity index (χ3n) is 2.38. The molecule has 4 heteroatoms. The lowest BCUT2D eigenvalue weighted by Crippen LogP contribution is -2.34. The lowest BCUT2D eigenvalue weighted by molar-refractivity contribution is 0.211. The standard InChI is InChI=1S/C12H19ClN2O/c1-4-9(2)15-6-10(3)16-12-5-11(13)7-14-8-12/h5,7-10,15H,4,6H2,1-3H3. The van der Waals surface area contributed by atoms with Crippen LogP contribution in [0.2, 0.25) is 5.02 Å². The molecule has 0 fully saturated rings. The van der Waals surface area contributed by atoms with Crippen LogP contribution in [0.1, 0.15) is 27.2 Å². The topological polar surface area (TPSA) is 34.1 Å². The summed E-state index contributed by atoms with van der Waals surface area (Å²) in [6.45, 7) is 7.16. The van der Waals surface area contributed by atoms with E-state index in [1.807, 2.05) is 6.92 Å². The van der Waals surface area contributed by atoms with Crippen LogP contribution in [0.15, 0.2) is 18.5 Å². The van der Waals surface area contributed by atoms with Gasteiger partial charge in [0.05, 0.1) is 11.2 Å². The van der Waals surface area contributed by atoms with Gasteiger partial charge in [-0.1, -0.05) is 18.5 Å². The van der Waals surface area contributed by atoms with Crippen molar-refractivity contribution in [2.75, 3.05) is 6.54 Å². The highest BCUT2D eigenvalue weighted by Crippen LogP contribution is 2.16. The van der Waals surface area contributed by atoms with Crippen molar-refractivity contribution in [1.82, 2.24) is 10.3 Å². The lowest BCUT2D eigenvalue weighted by atomic mass is 10.2. The Bertz CT molecular complexity index is 320. The van der Waals surface area contributed by atoms with E-state index in [2.05, 4.69) is 24.1 Å². The first-order valence-electron chi connectivity index (χ1n) is 5.62. The zero-order valence-electron chi connectivity index (χ0n) is 10.0. The minimum absolute atomic E-state index is 0.106. The molecular formula is C12H19ClN2O. The predicted molar refractivity (Wildman–Crippen MR) is 67.1 cm³/mol. The third-order valence-corrected chi connectivity index (χ3v) is 2.59. The number of rotatable bonds is 6. The van der Waals surface area contributed by atoms with Crippen molar-refractivity contribution in [1.29, 1.82) is 0 Å². The SMILES string of the molecule is CCC(C)NCC(C)Oc1cncc(Cl)c1. The van der Waals surface area contributed by atoms with E-state index in [1.54, 1.807) is 18.5 Å². The Hall–Kier alpha value is -0.800. The van der Waals surface area contributed by atoms with Crippen molar-refractivity contribution < 1.29 is 4.74 Å². The zero-order chi connectivity index (χ0) is 12.0. The van der Waals surface area contributed by atoms with Gasteiger partial charge in [-0.2, -0.15) is 0 Å². The molecule has 16 heavy (non-hydrogen) atoms. The van der Waals surface area contributed by atoms with Gasteiger partial charge in [0.25, 0.3) is 0 Å². The highest BCUT2D eigenvalue weighted by molar-refractivity contribution is 6.30. The normalized spacial score (nSPS) is 14.5. The van der Waals surface area contributed by atoms with Gasteiger partial charge in [0.1, 0.15) is 11.9 Å². The minimum atomic E-state index is 0.106. The molecule has 1 N–H and O–H groups in total. The van der Waals surface area contributed by atoms with Crippen molar-refractivity contribution in [2.24, 2.45) is 0 Å². The van der Waals surface area contributed by atoms with Crippen molar-refractivity contribution in [2.45, 2.75) is 39.3 Å². The Balaban J connectivity index is 2.36. The van der Waals surface area contributed by atoms with E-state index >= 15 is 0 Å². The number of halogens is 1. The maximum absolute atomic E-state index is 5.82. The van der Waals surface area contributed by atoms with Crippen LogP contribution in [0.25, 0.3) is 0 Å². The molecule has 1 aromatic heterocycles. The van der Waals surface area contributed by atoms with Gasteiger partial charge in [-0.15, -0.1) is 0 Å². The molecule has 0 aliphatic heterocycles. The van der Waals surface area contributed by atoms with Crippen molar-refractivity contribution >= 4 is 11.6 Å². The number of nitrogens with zero attached hydrogens (tertiary/aromatic N) is 1. The van der Waals surface area contributed by atoms with Gasteiger partial charge in [0, 0.05) is 24.8 Å². The molecule has 1 aromatic rings. The van der Waals surface area contributed by atoms with Gasteiger partial charge in [0.2, 0.25) is 0 Å². The lowest BCUT2D eigenvalue weighted by Gasteiger charge is -2.18. The fraction of sp³-hybridized carbons (Fsp3) is 0.583. The van der Waals surface area contributed by atoms with Crippen molar-refractivity contribution in [3.05, 3.63) is 23.5 Å². The molecule has 3 nitrogen and oxygen atoms in total. The molecule has 2 atom stereocenters. The first-order chi connectivity index (χ1) is 7.61. The fourth-order valence-electron chi connectivity index (χ4n) is 1.24. The van der Waals surface area contributed by atoms with Gasteiger partial charge in [-0.25, -0.2) is 0 Å². The van der Waals surface area contributed by atoms with E-state index < -0.39 is 0 Å². The summed E-state index contributed by atoms with van der Waals surface area (Å²) in [6, 6.07) is 2.29. The van der Waals surface area contributed by atoms with E-state index in [0.29, 0.717) is 16.8 Å². The monoisotopic (exact) mass is 242 g/mol. The smallest absolute Gasteiger partial charge is 0.139 e. The number of pyridine rings is 1. The molecular weight excluding hydrogens is 224 g/mol. The Labute approximate surface area is 102 Å².